The Hall–Kier alpha value is 0.260. The zero-order valence-corrected chi connectivity index (χ0v) is 11.9. The Kier molecular flexibility index (Phi) is 3.39. The van der Waals surface area contributed by atoms with E-state index in [2.05, 4.69) is 53.3 Å². The summed E-state index contributed by atoms with van der Waals surface area (Å²) in [5, 5.41) is 3.70. The lowest BCUT2D eigenvalue weighted by Crippen LogP contribution is -1.85. The molecule has 74 valence electrons. The van der Waals surface area contributed by atoms with E-state index < -0.39 is 0 Å². The fourth-order valence-corrected chi connectivity index (χ4v) is 4.71. The number of thioether (sulfide) groups is 1. The van der Waals surface area contributed by atoms with E-state index in [1.807, 2.05) is 23.1 Å². The van der Waals surface area contributed by atoms with Crippen LogP contribution in [-0.2, 0) is 6.42 Å². The summed E-state index contributed by atoms with van der Waals surface area (Å²) < 4.78 is 2.80. The Morgan fingerprint density at radius 1 is 1.43 bits per heavy atom. The zero-order chi connectivity index (χ0) is 10.1. The van der Waals surface area contributed by atoms with Gasteiger partial charge in [-0.25, -0.2) is 0 Å². The molecule has 2 aromatic rings. The van der Waals surface area contributed by atoms with Crippen LogP contribution in [0.1, 0.15) is 12.5 Å². The van der Waals surface area contributed by atoms with E-state index >= 15 is 0 Å². The Bertz CT molecular complexity index is 460. The predicted octanol–water partition coefficient (Wildman–Crippen LogP) is 4.79. The molecule has 0 spiro atoms. The zero-order valence-electron chi connectivity index (χ0n) is 8.13. The molecule has 0 unspecified atom stereocenters. The second-order valence-corrected chi connectivity index (χ2v) is 5.96. The Labute approximate surface area is 106 Å². The van der Waals surface area contributed by atoms with Crippen molar-refractivity contribution >= 4 is 55.8 Å². The molecule has 0 saturated heterocycles. The van der Waals surface area contributed by atoms with Gasteiger partial charge in [-0.3, -0.25) is 0 Å². The summed E-state index contributed by atoms with van der Waals surface area (Å²) in [6, 6.07) is 4.52. The highest BCUT2D eigenvalue weighted by molar-refractivity contribution is 14.1. The summed E-state index contributed by atoms with van der Waals surface area (Å²) in [7, 11) is 0. The maximum absolute atomic E-state index is 2.43. The van der Waals surface area contributed by atoms with Crippen molar-refractivity contribution in [3.8, 4) is 0 Å². The second kappa shape index (κ2) is 4.41. The summed E-state index contributed by atoms with van der Waals surface area (Å²) in [5.74, 6) is 0. The molecule has 3 heteroatoms. The molecular weight excluding hydrogens is 323 g/mol. The molecule has 0 radical (unpaired) electrons. The molecule has 0 amide bonds. The summed E-state index contributed by atoms with van der Waals surface area (Å²) in [5.41, 5.74) is 1.47. The van der Waals surface area contributed by atoms with Gasteiger partial charge in [0.1, 0.15) is 0 Å². The largest absolute Gasteiger partial charge is 0.143 e. The summed E-state index contributed by atoms with van der Waals surface area (Å²) in [4.78, 5) is 1.47. The summed E-state index contributed by atoms with van der Waals surface area (Å²) in [6.45, 7) is 2.22. The minimum Gasteiger partial charge on any atom is -0.143 e. The Morgan fingerprint density at radius 2 is 2.21 bits per heavy atom. The first-order chi connectivity index (χ1) is 6.77. The summed E-state index contributed by atoms with van der Waals surface area (Å²) >= 11 is 6.14. The van der Waals surface area contributed by atoms with Crippen LogP contribution >= 0.6 is 45.7 Å². The number of halogens is 1. The molecule has 1 aromatic heterocycles. The molecule has 1 aromatic carbocycles. The van der Waals surface area contributed by atoms with Gasteiger partial charge in [-0.05, 0) is 46.9 Å². The molecular formula is C11H11IS2. The van der Waals surface area contributed by atoms with Gasteiger partial charge in [-0.2, -0.15) is 0 Å². The van der Waals surface area contributed by atoms with Crippen molar-refractivity contribution in [1.29, 1.82) is 0 Å². The van der Waals surface area contributed by atoms with Crippen LogP contribution in [0.25, 0.3) is 10.1 Å². The molecule has 0 atom stereocenters. The first-order valence-electron chi connectivity index (χ1n) is 4.50. The highest BCUT2D eigenvalue weighted by Gasteiger charge is 2.09. The normalized spacial score (nSPS) is 11.1. The van der Waals surface area contributed by atoms with Gasteiger partial charge in [0.05, 0.1) is 0 Å². The molecule has 2 rings (SSSR count). The molecule has 14 heavy (non-hydrogen) atoms. The van der Waals surface area contributed by atoms with E-state index in [-0.39, 0.29) is 0 Å². The van der Waals surface area contributed by atoms with Crippen LogP contribution in [-0.4, -0.2) is 6.26 Å². The third kappa shape index (κ3) is 1.70. The van der Waals surface area contributed by atoms with Crippen molar-refractivity contribution in [3.05, 3.63) is 26.6 Å². The van der Waals surface area contributed by atoms with Gasteiger partial charge in [0.15, 0.2) is 0 Å². The highest BCUT2D eigenvalue weighted by Crippen LogP contribution is 2.36. The highest BCUT2D eigenvalue weighted by atomic mass is 127. The third-order valence-corrected chi connectivity index (χ3v) is 5.41. The first-order valence-corrected chi connectivity index (χ1v) is 7.68. The molecule has 1 heterocycles. The molecule has 0 N–H and O–H groups in total. The minimum absolute atomic E-state index is 1.12. The topological polar surface area (TPSA) is 0 Å². The average Bonchev–Trinajstić information content (AvgIpc) is 2.59. The molecule has 0 bridgehead atoms. The first kappa shape index (κ1) is 10.8. The molecule has 0 saturated carbocycles. The van der Waals surface area contributed by atoms with E-state index in [1.54, 1.807) is 0 Å². The lowest BCUT2D eigenvalue weighted by molar-refractivity contribution is 1.10. The fourth-order valence-electron chi connectivity index (χ4n) is 1.62. The van der Waals surface area contributed by atoms with Gasteiger partial charge >= 0.3 is 0 Å². The van der Waals surface area contributed by atoms with E-state index in [9.17, 15) is 0 Å². The number of hydrogen-bond donors (Lipinski definition) is 0. The van der Waals surface area contributed by atoms with Crippen molar-refractivity contribution in [2.75, 3.05) is 6.26 Å². The Balaban J connectivity index is 2.81. The van der Waals surface area contributed by atoms with Crippen LogP contribution in [0.5, 0.6) is 0 Å². The average molecular weight is 334 g/mol. The molecule has 0 aliphatic rings. The van der Waals surface area contributed by atoms with Crippen LogP contribution in [0.4, 0.5) is 0 Å². The molecule has 0 aliphatic carbocycles. The SMILES string of the molecule is CCc1ccc2scc(I)c2c1SC. The van der Waals surface area contributed by atoms with Gasteiger partial charge in [-0.15, -0.1) is 23.1 Å². The second-order valence-electron chi connectivity index (χ2n) is 3.07. The number of thiophene rings is 1. The van der Waals surface area contributed by atoms with Gasteiger partial charge in [0.2, 0.25) is 0 Å². The van der Waals surface area contributed by atoms with Crippen molar-refractivity contribution in [1.82, 2.24) is 0 Å². The van der Waals surface area contributed by atoms with Crippen molar-refractivity contribution < 1.29 is 0 Å². The van der Waals surface area contributed by atoms with Crippen LogP contribution in [0.3, 0.4) is 0 Å². The van der Waals surface area contributed by atoms with Gasteiger partial charge < -0.3 is 0 Å². The molecule has 0 fully saturated rings. The lowest BCUT2D eigenvalue weighted by Gasteiger charge is -2.06. The number of rotatable bonds is 2. The standard InChI is InChI=1S/C11H11IS2/c1-3-7-4-5-9-10(11(7)13-2)8(12)6-14-9/h4-6H,3H2,1-2H3. The van der Waals surface area contributed by atoms with Crippen molar-refractivity contribution in [2.45, 2.75) is 18.2 Å². The van der Waals surface area contributed by atoms with Crippen molar-refractivity contribution in [2.24, 2.45) is 0 Å². The van der Waals surface area contributed by atoms with E-state index in [0.717, 1.165) is 6.42 Å². The predicted molar refractivity (Wildman–Crippen MR) is 75.7 cm³/mol. The van der Waals surface area contributed by atoms with Crippen LogP contribution in [0.2, 0.25) is 0 Å². The molecule has 0 aliphatic heterocycles. The quantitative estimate of drug-likeness (QED) is 0.562. The number of aryl methyl sites for hydroxylation is 1. The van der Waals surface area contributed by atoms with Crippen LogP contribution in [0.15, 0.2) is 22.4 Å². The minimum atomic E-state index is 1.12. The van der Waals surface area contributed by atoms with Crippen LogP contribution < -0.4 is 0 Å². The smallest absolute Gasteiger partial charge is 0.0365 e. The number of fused-ring (bicyclic) bond motifs is 1. The summed E-state index contributed by atoms with van der Waals surface area (Å²) in [6.07, 6.45) is 3.29. The van der Waals surface area contributed by atoms with E-state index in [4.69, 9.17) is 0 Å². The fraction of sp³-hybridized carbons (Fsp3) is 0.273. The van der Waals surface area contributed by atoms with E-state index in [0.29, 0.717) is 0 Å². The van der Waals surface area contributed by atoms with Gasteiger partial charge in [-0.1, -0.05) is 13.0 Å². The molecule has 0 nitrogen and oxygen atoms in total. The van der Waals surface area contributed by atoms with Gasteiger partial charge in [0, 0.05) is 23.9 Å². The van der Waals surface area contributed by atoms with E-state index in [1.165, 1.54) is 24.1 Å². The Morgan fingerprint density at radius 3 is 2.86 bits per heavy atom. The maximum atomic E-state index is 2.43. The van der Waals surface area contributed by atoms with Crippen LogP contribution in [0, 0.1) is 3.57 Å². The van der Waals surface area contributed by atoms with Gasteiger partial charge in [0.25, 0.3) is 0 Å². The number of benzene rings is 1. The maximum Gasteiger partial charge on any atom is 0.0365 e. The third-order valence-electron chi connectivity index (χ3n) is 2.31. The number of hydrogen-bond acceptors (Lipinski definition) is 2. The van der Waals surface area contributed by atoms with Crippen molar-refractivity contribution in [3.63, 3.8) is 0 Å². The monoisotopic (exact) mass is 334 g/mol. The lowest BCUT2D eigenvalue weighted by atomic mass is 10.1.